The molecule has 8 nitrogen and oxygen atoms in total. The van der Waals surface area contributed by atoms with E-state index in [1.165, 1.54) is 35.9 Å². The first-order valence-corrected chi connectivity index (χ1v) is 4.89. The molecule has 0 aliphatic carbocycles. The minimum Gasteiger partial charge on any atom is -0.543 e. The Kier molecular flexibility index (Phi) is 2.76. The van der Waals surface area contributed by atoms with E-state index in [1.54, 1.807) is 0 Å². The van der Waals surface area contributed by atoms with E-state index in [4.69, 9.17) is 0 Å². The van der Waals surface area contributed by atoms with Crippen molar-refractivity contribution in [3.05, 3.63) is 45.8 Å². The standard InChI is InChI=1S/C10H8N4O4/c1-6-9(10(15)16)11-12-13(6)7-2-4-8(5-3-7)14(17)18/h2-5H,1H3,(H,15,16)/p-1. The number of rotatable bonds is 3. The fraction of sp³-hybridized carbons (Fsp3) is 0.100. The average Bonchev–Trinajstić information content (AvgIpc) is 2.71. The summed E-state index contributed by atoms with van der Waals surface area (Å²) in [6, 6.07) is 5.52. The van der Waals surface area contributed by atoms with Crippen LogP contribution in [-0.2, 0) is 0 Å². The van der Waals surface area contributed by atoms with Crippen LogP contribution in [0.5, 0.6) is 0 Å². The molecule has 0 unspecified atom stereocenters. The van der Waals surface area contributed by atoms with Gasteiger partial charge in [-0.2, -0.15) is 0 Å². The van der Waals surface area contributed by atoms with Crippen LogP contribution in [0.25, 0.3) is 5.69 Å². The third kappa shape index (κ3) is 1.90. The summed E-state index contributed by atoms with van der Waals surface area (Å²) in [5.41, 5.74) is 0.465. The Balaban J connectivity index is 2.43. The van der Waals surface area contributed by atoms with Crippen molar-refractivity contribution in [2.24, 2.45) is 0 Å². The van der Waals surface area contributed by atoms with Gasteiger partial charge in [0.05, 0.1) is 22.3 Å². The summed E-state index contributed by atoms with van der Waals surface area (Å²) in [5, 5.41) is 28.3. The van der Waals surface area contributed by atoms with Crippen molar-refractivity contribution >= 4 is 11.7 Å². The molecule has 0 saturated heterocycles. The molecular formula is C10H7N4O4-. The van der Waals surface area contributed by atoms with Gasteiger partial charge in [-0.05, 0) is 19.1 Å². The van der Waals surface area contributed by atoms with Gasteiger partial charge in [0, 0.05) is 12.1 Å². The van der Waals surface area contributed by atoms with Crippen LogP contribution in [0.2, 0.25) is 0 Å². The van der Waals surface area contributed by atoms with Gasteiger partial charge < -0.3 is 9.90 Å². The largest absolute Gasteiger partial charge is 0.543 e. The fourth-order valence-corrected chi connectivity index (χ4v) is 1.48. The molecule has 0 fully saturated rings. The van der Waals surface area contributed by atoms with Crippen LogP contribution >= 0.6 is 0 Å². The number of aromatic carboxylic acids is 1. The molecule has 18 heavy (non-hydrogen) atoms. The highest BCUT2D eigenvalue weighted by Crippen LogP contribution is 2.16. The van der Waals surface area contributed by atoms with Gasteiger partial charge in [0.2, 0.25) is 0 Å². The lowest BCUT2D eigenvalue weighted by Gasteiger charge is -2.03. The number of hydrogen-bond donors (Lipinski definition) is 0. The molecule has 1 heterocycles. The molecule has 0 amide bonds. The lowest BCUT2D eigenvalue weighted by atomic mass is 10.2. The maximum absolute atomic E-state index is 10.7. The number of non-ortho nitro benzene ring substituents is 1. The van der Waals surface area contributed by atoms with Gasteiger partial charge in [-0.15, -0.1) is 5.10 Å². The molecule has 2 aromatic rings. The number of nitro groups is 1. The first-order chi connectivity index (χ1) is 8.50. The van der Waals surface area contributed by atoms with Gasteiger partial charge in [-0.25, -0.2) is 4.68 Å². The van der Waals surface area contributed by atoms with Gasteiger partial charge >= 0.3 is 0 Å². The van der Waals surface area contributed by atoms with Gasteiger partial charge in [-0.3, -0.25) is 10.1 Å². The lowest BCUT2D eigenvalue weighted by molar-refractivity contribution is -0.384. The van der Waals surface area contributed by atoms with E-state index in [0.29, 0.717) is 11.4 Å². The normalized spacial score (nSPS) is 10.3. The van der Waals surface area contributed by atoms with E-state index in [0.717, 1.165) is 0 Å². The predicted molar refractivity (Wildman–Crippen MR) is 57.1 cm³/mol. The van der Waals surface area contributed by atoms with Crippen LogP contribution in [0, 0.1) is 17.0 Å². The molecule has 1 aromatic heterocycles. The highest BCUT2D eigenvalue weighted by atomic mass is 16.6. The monoisotopic (exact) mass is 247 g/mol. The Labute approximate surface area is 101 Å². The molecule has 0 aliphatic rings. The number of nitro benzene ring substituents is 1. The van der Waals surface area contributed by atoms with E-state index in [-0.39, 0.29) is 11.4 Å². The Bertz CT molecular complexity index is 617. The molecule has 0 atom stereocenters. The third-order valence-corrected chi connectivity index (χ3v) is 2.39. The van der Waals surface area contributed by atoms with Gasteiger partial charge in [-0.1, -0.05) is 5.21 Å². The molecule has 0 spiro atoms. The number of aromatic nitrogens is 3. The maximum Gasteiger partial charge on any atom is 0.269 e. The average molecular weight is 247 g/mol. The number of carboxylic acids is 1. The summed E-state index contributed by atoms with van der Waals surface area (Å²) in [7, 11) is 0. The highest BCUT2D eigenvalue weighted by molar-refractivity contribution is 5.84. The Morgan fingerprint density at radius 1 is 1.33 bits per heavy atom. The van der Waals surface area contributed by atoms with Crippen molar-refractivity contribution in [1.29, 1.82) is 0 Å². The number of hydrogen-bond acceptors (Lipinski definition) is 6. The van der Waals surface area contributed by atoms with Crippen molar-refractivity contribution in [1.82, 2.24) is 15.0 Å². The quantitative estimate of drug-likeness (QED) is 0.550. The number of carbonyl (C=O) groups is 1. The number of carboxylic acid groups (broad SMARTS) is 1. The molecule has 0 bridgehead atoms. The molecule has 2 rings (SSSR count). The Hall–Kier alpha value is -2.77. The lowest BCUT2D eigenvalue weighted by Crippen LogP contribution is -2.23. The van der Waals surface area contributed by atoms with E-state index in [9.17, 15) is 20.0 Å². The van der Waals surface area contributed by atoms with Crippen molar-refractivity contribution in [2.45, 2.75) is 6.92 Å². The van der Waals surface area contributed by atoms with E-state index in [1.807, 2.05) is 0 Å². The predicted octanol–water partition coefficient (Wildman–Crippen LogP) is -0.153. The number of benzene rings is 1. The van der Waals surface area contributed by atoms with Crippen LogP contribution in [0.15, 0.2) is 24.3 Å². The van der Waals surface area contributed by atoms with Crippen LogP contribution in [-0.4, -0.2) is 25.9 Å². The minimum absolute atomic E-state index is 0.0587. The summed E-state index contributed by atoms with van der Waals surface area (Å²) >= 11 is 0. The third-order valence-electron chi connectivity index (χ3n) is 2.39. The van der Waals surface area contributed by atoms with Crippen LogP contribution < -0.4 is 5.11 Å². The molecule has 0 radical (unpaired) electrons. The summed E-state index contributed by atoms with van der Waals surface area (Å²) in [6.45, 7) is 1.52. The van der Waals surface area contributed by atoms with E-state index >= 15 is 0 Å². The highest BCUT2D eigenvalue weighted by Gasteiger charge is 2.12. The SMILES string of the molecule is Cc1c(C(=O)[O-])nnn1-c1ccc([N+](=O)[O-])cc1. The van der Waals surface area contributed by atoms with E-state index < -0.39 is 10.9 Å². The fourth-order valence-electron chi connectivity index (χ4n) is 1.48. The maximum atomic E-state index is 10.7. The smallest absolute Gasteiger partial charge is 0.269 e. The summed E-state index contributed by atoms with van der Waals surface area (Å²) in [5.74, 6) is -1.42. The second-order valence-corrected chi connectivity index (χ2v) is 3.50. The molecule has 1 aromatic carbocycles. The van der Waals surface area contributed by atoms with Crippen molar-refractivity contribution in [2.75, 3.05) is 0 Å². The van der Waals surface area contributed by atoms with E-state index in [2.05, 4.69) is 10.3 Å². The first-order valence-electron chi connectivity index (χ1n) is 4.89. The first kappa shape index (κ1) is 11.7. The zero-order valence-electron chi connectivity index (χ0n) is 9.23. The molecule has 0 aliphatic heterocycles. The van der Waals surface area contributed by atoms with Crippen molar-refractivity contribution in [3.8, 4) is 5.69 Å². The molecular weight excluding hydrogens is 240 g/mol. The second-order valence-electron chi connectivity index (χ2n) is 3.50. The zero-order chi connectivity index (χ0) is 13.3. The van der Waals surface area contributed by atoms with Gasteiger partial charge in [0.25, 0.3) is 5.69 Å². The topological polar surface area (TPSA) is 114 Å². The zero-order valence-corrected chi connectivity index (χ0v) is 9.23. The molecule has 8 heteroatoms. The minimum atomic E-state index is -1.42. The molecule has 0 saturated carbocycles. The van der Waals surface area contributed by atoms with Gasteiger partial charge in [0.1, 0.15) is 5.69 Å². The van der Waals surface area contributed by atoms with Crippen LogP contribution in [0.1, 0.15) is 16.2 Å². The number of carbonyl (C=O) groups excluding carboxylic acids is 1. The molecule has 92 valence electrons. The van der Waals surface area contributed by atoms with Crippen LogP contribution in [0.4, 0.5) is 5.69 Å². The Morgan fingerprint density at radius 3 is 2.39 bits per heavy atom. The van der Waals surface area contributed by atoms with Crippen LogP contribution in [0.3, 0.4) is 0 Å². The second kappa shape index (κ2) is 4.24. The molecule has 0 N–H and O–H groups in total. The summed E-state index contributed by atoms with van der Waals surface area (Å²) in [4.78, 5) is 20.7. The van der Waals surface area contributed by atoms with Gasteiger partial charge in [0.15, 0.2) is 0 Å². The Morgan fingerprint density at radius 2 is 1.94 bits per heavy atom. The van der Waals surface area contributed by atoms with Crippen molar-refractivity contribution in [3.63, 3.8) is 0 Å². The number of nitrogens with zero attached hydrogens (tertiary/aromatic N) is 4. The summed E-state index contributed by atoms with van der Waals surface area (Å²) in [6.07, 6.45) is 0. The van der Waals surface area contributed by atoms with Crippen molar-refractivity contribution < 1.29 is 14.8 Å². The summed E-state index contributed by atoms with van der Waals surface area (Å²) < 4.78 is 1.27.